The highest BCUT2D eigenvalue weighted by Gasteiger charge is 2.41. The molecule has 1 aliphatic rings. The third-order valence-electron chi connectivity index (χ3n) is 4.71. The fourth-order valence-corrected chi connectivity index (χ4v) is 3.58. The fraction of sp³-hybridized carbons (Fsp3) is 0.800. The van der Waals surface area contributed by atoms with Crippen LogP contribution in [0.2, 0.25) is 0 Å². The summed E-state index contributed by atoms with van der Waals surface area (Å²) in [5, 5.41) is 20.6. The fourth-order valence-electron chi connectivity index (χ4n) is 2.60. The van der Waals surface area contributed by atoms with Gasteiger partial charge >= 0.3 is 7.12 Å². The molecule has 6 heteroatoms. The van der Waals surface area contributed by atoms with E-state index in [1.807, 2.05) is 0 Å². The summed E-state index contributed by atoms with van der Waals surface area (Å²) in [4.78, 5) is 5.47. The second kappa shape index (κ2) is 6.36. The van der Waals surface area contributed by atoms with Gasteiger partial charge in [-0.05, 0) is 46.5 Å². The molecule has 1 aromatic heterocycles. The first-order valence-corrected chi connectivity index (χ1v) is 8.62. The van der Waals surface area contributed by atoms with Gasteiger partial charge in [0.15, 0.2) is 0 Å². The van der Waals surface area contributed by atoms with E-state index in [1.165, 1.54) is 19.3 Å². The Morgan fingerprint density at radius 2 is 1.86 bits per heavy atom. The van der Waals surface area contributed by atoms with Crippen molar-refractivity contribution in [2.24, 2.45) is 0 Å². The van der Waals surface area contributed by atoms with Crippen molar-refractivity contribution in [1.29, 1.82) is 0 Å². The lowest BCUT2D eigenvalue weighted by molar-refractivity contribution is -0.0983. The van der Waals surface area contributed by atoms with Crippen molar-refractivity contribution in [3.63, 3.8) is 0 Å². The number of thiazole rings is 1. The van der Waals surface area contributed by atoms with E-state index >= 15 is 0 Å². The quantitative estimate of drug-likeness (QED) is 0.820. The summed E-state index contributed by atoms with van der Waals surface area (Å²) >= 11 is 1.60. The highest BCUT2D eigenvalue weighted by atomic mass is 32.1. The second-order valence-electron chi connectivity index (χ2n) is 6.98. The van der Waals surface area contributed by atoms with Crippen LogP contribution < -0.4 is 5.59 Å². The van der Waals surface area contributed by atoms with Crippen LogP contribution in [-0.4, -0.2) is 33.4 Å². The van der Waals surface area contributed by atoms with E-state index in [-0.39, 0.29) is 0 Å². The molecular formula is C15H26BNO3S. The molecule has 0 aromatic carbocycles. The molecule has 21 heavy (non-hydrogen) atoms. The van der Waals surface area contributed by atoms with Gasteiger partial charge in [-0.3, -0.25) is 4.98 Å². The van der Waals surface area contributed by atoms with Crippen LogP contribution in [-0.2, 0) is 4.65 Å². The molecule has 0 bridgehead atoms. The average Bonchev–Trinajstić information content (AvgIpc) is 2.87. The molecule has 0 unspecified atom stereocenters. The molecule has 1 saturated carbocycles. The molecule has 1 aliphatic carbocycles. The highest BCUT2D eigenvalue weighted by molar-refractivity contribution is 7.11. The molecule has 118 valence electrons. The number of hydrogen-bond donors (Lipinski definition) is 2. The van der Waals surface area contributed by atoms with Crippen LogP contribution >= 0.6 is 11.3 Å². The maximum Gasteiger partial charge on any atom is 0.512 e. The predicted molar refractivity (Wildman–Crippen MR) is 87.0 cm³/mol. The van der Waals surface area contributed by atoms with Crippen molar-refractivity contribution in [3.05, 3.63) is 10.4 Å². The van der Waals surface area contributed by atoms with Gasteiger partial charge in [-0.1, -0.05) is 19.3 Å². The minimum Gasteiger partial charge on any atom is -0.422 e. The van der Waals surface area contributed by atoms with Crippen LogP contribution in [0.1, 0.15) is 70.6 Å². The third kappa shape index (κ3) is 3.86. The number of rotatable bonds is 5. The van der Waals surface area contributed by atoms with Gasteiger partial charge in [0.2, 0.25) is 0 Å². The molecule has 0 atom stereocenters. The van der Waals surface area contributed by atoms with E-state index in [0.717, 1.165) is 17.7 Å². The SMILES string of the molecule is CC(C)(O)C(C)(C)OB(O)c1ncsc1C1CCCCC1. The van der Waals surface area contributed by atoms with Crippen LogP contribution in [0.25, 0.3) is 0 Å². The van der Waals surface area contributed by atoms with Gasteiger partial charge in [0.25, 0.3) is 0 Å². The van der Waals surface area contributed by atoms with Gasteiger partial charge in [0, 0.05) is 4.88 Å². The Hall–Kier alpha value is -0.425. The first-order chi connectivity index (χ1) is 9.72. The summed E-state index contributed by atoms with van der Waals surface area (Å²) in [5.74, 6) is 0.491. The molecule has 0 saturated heterocycles. The molecule has 0 radical (unpaired) electrons. The van der Waals surface area contributed by atoms with Crippen molar-refractivity contribution in [2.45, 2.75) is 76.9 Å². The predicted octanol–water partition coefficient (Wildman–Crippen LogP) is 2.44. The van der Waals surface area contributed by atoms with E-state index < -0.39 is 18.3 Å². The van der Waals surface area contributed by atoms with Gasteiger partial charge in [0.1, 0.15) is 0 Å². The normalized spacial score (nSPS) is 18.0. The summed E-state index contributed by atoms with van der Waals surface area (Å²) in [6.45, 7) is 6.93. The van der Waals surface area contributed by atoms with E-state index in [4.69, 9.17) is 4.65 Å². The van der Waals surface area contributed by atoms with Crippen LogP contribution in [0.15, 0.2) is 5.51 Å². The Morgan fingerprint density at radius 1 is 1.24 bits per heavy atom. The summed E-state index contributed by atoms with van der Waals surface area (Å²) < 4.78 is 5.73. The number of nitrogens with zero attached hydrogens (tertiary/aromatic N) is 1. The molecule has 0 spiro atoms. The maximum absolute atomic E-state index is 10.4. The largest absolute Gasteiger partial charge is 0.512 e. The molecule has 2 rings (SSSR count). The Labute approximate surface area is 131 Å². The molecule has 4 nitrogen and oxygen atoms in total. The Bertz CT molecular complexity index is 464. The minimum atomic E-state index is -1.09. The standard InChI is InChI=1S/C15H26BNO3S/c1-14(2,18)15(3,4)20-16(19)13-12(21-10-17-13)11-8-6-5-7-9-11/h10-11,18-19H,5-9H2,1-4H3. The van der Waals surface area contributed by atoms with Gasteiger partial charge in [-0.15, -0.1) is 11.3 Å². The van der Waals surface area contributed by atoms with Gasteiger partial charge in [-0.2, -0.15) is 0 Å². The molecule has 0 aliphatic heterocycles. The van der Waals surface area contributed by atoms with E-state index in [2.05, 4.69) is 4.98 Å². The molecule has 1 aromatic rings. The van der Waals surface area contributed by atoms with Crippen LogP contribution in [0, 0.1) is 0 Å². The summed E-state index contributed by atoms with van der Waals surface area (Å²) in [6, 6.07) is 0. The van der Waals surface area contributed by atoms with Crippen molar-refractivity contribution in [3.8, 4) is 0 Å². The minimum absolute atomic E-state index is 0.491. The van der Waals surface area contributed by atoms with Gasteiger partial charge in [-0.25, -0.2) is 0 Å². The van der Waals surface area contributed by atoms with Crippen molar-refractivity contribution < 1.29 is 14.8 Å². The van der Waals surface area contributed by atoms with Crippen LogP contribution in [0.4, 0.5) is 0 Å². The molecule has 2 N–H and O–H groups in total. The zero-order valence-electron chi connectivity index (χ0n) is 13.4. The topological polar surface area (TPSA) is 62.6 Å². The maximum atomic E-state index is 10.4. The Balaban J connectivity index is 2.13. The van der Waals surface area contributed by atoms with Crippen molar-refractivity contribution in [1.82, 2.24) is 4.98 Å². The molecular weight excluding hydrogens is 285 g/mol. The lowest BCUT2D eigenvalue weighted by Gasteiger charge is -2.38. The monoisotopic (exact) mass is 311 g/mol. The van der Waals surface area contributed by atoms with E-state index in [0.29, 0.717) is 11.5 Å². The number of aromatic nitrogens is 1. The number of aliphatic hydroxyl groups is 1. The zero-order valence-corrected chi connectivity index (χ0v) is 14.2. The van der Waals surface area contributed by atoms with Crippen molar-refractivity contribution in [2.75, 3.05) is 0 Å². The summed E-state index contributed by atoms with van der Waals surface area (Å²) in [6.07, 6.45) is 6.12. The summed E-state index contributed by atoms with van der Waals surface area (Å²) in [7, 11) is -1.09. The van der Waals surface area contributed by atoms with Gasteiger partial charge in [0.05, 0.1) is 22.3 Å². The van der Waals surface area contributed by atoms with E-state index in [9.17, 15) is 10.1 Å². The van der Waals surface area contributed by atoms with Gasteiger partial charge < -0.3 is 14.8 Å². The van der Waals surface area contributed by atoms with Crippen LogP contribution in [0.3, 0.4) is 0 Å². The second-order valence-corrected chi connectivity index (χ2v) is 7.86. The first kappa shape index (κ1) is 16.9. The third-order valence-corrected chi connectivity index (χ3v) is 5.72. The van der Waals surface area contributed by atoms with E-state index in [1.54, 1.807) is 44.5 Å². The summed E-state index contributed by atoms with van der Waals surface area (Å²) in [5.41, 5.74) is 0.502. The number of hydrogen-bond acceptors (Lipinski definition) is 5. The molecule has 1 heterocycles. The van der Waals surface area contributed by atoms with Crippen molar-refractivity contribution >= 4 is 24.0 Å². The first-order valence-electron chi connectivity index (χ1n) is 7.74. The van der Waals surface area contributed by atoms with Crippen LogP contribution in [0.5, 0.6) is 0 Å². The zero-order chi connectivity index (χ0) is 15.7. The lowest BCUT2D eigenvalue weighted by Crippen LogP contribution is -2.53. The average molecular weight is 311 g/mol. The Morgan fingerprint density at radius 3 is 2.43 bits per heavy atom. The Kier molecular flexibility index (Phi) is 5.13. The lowest BCUT2D eigenvalue weighted by atomic mass is 9.76. The highest BCUT2D eigenvalue weighted by Crippen LogP contribution is 2.34. The smallest absolute Gasteiger partial charge is 0.422 e. The molecule has 1 fully saturated rings. The molecule has 0 amide bonds.